The van der Waals surface area contributed by atoms with E-state index >= 15 is 0 Å². The molecule has 0 spiro atoms. The number of nitrogens with two attached hydrogens (primary N) is 1. The molecule has 0 fully saturated rings. The average molecular weight is 251 g/mol. The van der Waals surface area contributed by atoms with E-state index in [-0.39, 0.29) is 11.3 Å². The molecule has 1 aromatic rings. The molecule has 0 saturated carbocycles. The van der Waals surface area contributed by atoms with Gasteiger partial charge in [-0.05, 0) is 16.5 Å². The number of carbonyl (C=O) groups is 1. The number of amides is 1. The standard InChI is InChI=1S/C14H21NOS/c1-14(2,3)12-6-4-11(5-7-12)10-17-9-8-13(15)16/h4-7H,8-10H2,1-3H3,(H2,15,16). The van der Waals surface area contributed by atoms with Crippen LogP contribution in [0.1, 0.15) is 38.3 Å². The van der Waals surface area contributed by atoms with E-state index in [1.807, 2.05) is 0 Å². The summed E-state index contributed by atoms with van der Waals surface area (Å²) < 4.78 is 0. The zero-order valence-electron chi connectivity index (χ0n) is 10.8. The fourth-order valence-corrected chi connectivity index (χ4v) is 2.38. The molecule has 0 heterocycles. The zero-order chi connectivity index (χ0) is 12.9. The summed E-state index contributed by atoms with van der Waals surface area (Å²) in [5.74, 6) is 1.52. The molecule has 1 amide bonds. The van der Waals surface area contributed by atoms with Crippen molar-refractivity contribution < 1.29 is 4.79 Å². The van der Waals surface area contributed by atoms with E-state index in [4.69, 9.17) is 5.73 Å². The first-order chi connectivity index (χ1) is 7.89. The van der Waals surface area contributed by atoms with Gasteiger partial charge in [0.25, 0.3) is 0 Å². The SMILES string of the molecule is CC(C)(C)c1ccc(CSCCC(N)=O)cc1. The van der Waals surface area contributed by atoms with E-state index < -0.39 is 0 Å². The van der Waals surface area contributed by atoms with Crippen LogP contribution in [0.5, 0.6) is 0 Å². The summed E-state index contributed by atoms with van der Waals surface area (Å²) in [6.07, 6.45) is 0.463. The van der Waals surface area contributed by atoms with E-state index in [9.17, 15) is 4.79 Å². The van der Waals surface area contributed by atoms with Gasteiger partial charge in [-0.3, -0.25) is 4.79 Å². The zero-order valence-corrected chi connectivity index (χ0v) is 11.6. The maximum atomic E-state index is 10.6. The van der Waals surface area contributed by atoms with Crippen LogP contribution in [-0.4, -0.2) is 11.7 Å². The highest BCUT2D eigenvalue weighted by molar-refractivity contribution is 7.98. The quantitative estimate of drug-likeness (QED) is 0.817. The van der Waals surface area contributed by atoms with Gasteiger partial charge >= 0.3 is 0 Å². The molecule has 0 radical (unpaired) electrons. The van der Waals surface area contributed by atoms with Crippen LogP contribution < -0.4 is 5.73 Å². The van der Waals surface area contributed by atoms with Crippen molar-refractivity contribution in [1.29, 1.82) is 0 Å². The lowest BCUT2D eigenvalue weighted by Crippen LogP contribution is -2.11. The first-order valence-electron chi connectivity index (χ1n) is 5.85. The van der Waals surface area contributed by atoms with Crippen LogP contribution >= 0.6 is 11.8 Å². The minimum absolute atomic E-state index is 0.206. The fraction of sp³-hybridized carbons (Fsp3) is 0.500. The Bertz CT molecular complexity index is 365. The summed E-state index contributed by atoms with van der Waals surface area (Å²) in [4.78, 5) is 10.6. The van der Waals surface area contributed by atoms with E-state index in [1.54, 1.807) is 11.8 Å². The van der Waals surface area contributed by atoms with Gasteiger partial charge in [0.2, 0.25) is 5.91 Å². The summed E-state index contributed by atoms with van der Waals surface area (Å²) >= 11 is 1.75. The molecule has 0 unspecified atom stereocenters. The highest BCUT2D eigenvalue weighted by Crippen LogP contribution is 2.23. The lowest BCUT2D eigenvalue weighted by Gasteiger charge is -2.19. The Hall–Kier alpha value is -0.960. The molecular weight excluding hydrogens is 230 g/mol. The van der Waals surface area contributed by atoms with Crippen molar-refractivity contribution in [1.82, 2.24) is 0 Å². The predicted octanol–water partition coefficient (Wildman–Crippen LogP) is 3.09. The van der Waals surface area contributed by atoms with Gasteiger partial charge in [0.05, 0.1) is 0 Å². The molecule has 2 N–H and O–H groups in total. The normalized spacial score (nSPS) is 11.5. The summed E-state index contributed by atoms with van der Waals surface area (Å²) in [6, 6.07) is 8.70. The predicted molar refractivity (Wildman–Crippen MR) is 75.1 cm³/mol. The molecule has 0 aliphatic heterocycles. The van der Waals surface area contributed by atoms with Gasteiger partial charge in [-0.1, -0.05) is 45.0 Å². The number of carbonyl (C=O) groups excluding carboxylic acids is 1. The maximum Gasteiger partial charge on any atom is 0.218 e. The summed E-state index contributed by atoms with van der Waals surface area (Å²) in [7, 11) is 0. The summed E-state index contributed by atoms with van der Waals surface area (Å²) in [5, 5.41) is 0. The highest BCUT2D eigenvalue weighted by atomic mass is 32.2. The molecule has 94 valence electrons. The second kappa shape index (κ2) is 6.10. The maximum absolute atomic E-state index is 10.6. The second-order valence-corrected chi connectivity index (χ2v) is 6.32. The molecule has 0 aromatic heterocycles. The molecule has 0 bridgehead atoms. The molecular formula is C14H21NOS. The van der Waals surface area contributed by atoms with Crippen LogP contribution in [0.25, 0.3) is 0 Å². The monoisotopic (exact) mass is 251 g/mol. The molecule has 0 atom stereocenters. The van der Waals surface area contributed by atoms with E-state index in [0.29, 0.717) is 6.42 Å². The van der Waals surface area contributed by atoms with Crippen molar-refractivity contribution in [2.24, 2.45) is 5.73 Å². The van der Waals surface area contributed by atoms with E-state index in [0.717, 1.165) is 11.5 Å². The summed E-state index contributed by atoms with van der Waals surface area (Å²) in [6.45, 7) is 6.64. The van der Waals surface area contributed by atoms with Gasteiger partial charge in [0.15, 0.2) is 0 Å². The lowest BCUT2D eigenvalue weighted by atomic mass is 9.87. The Kier molecular flexibility index (Phi) is 5.06. The van der Waals surface area contributed by atoms with Gasteiger partial charge in [0, 0.05) is 17.9 Å². The number of primary amides is 1. The second-order valence-electron chi connectivity index (χ2n) is 5.22. The third-order valence-electron chi connectivity index (χ3n) is 2.58. The molecule has 17 heavy (non-hydrogen) atoms. The van der Waals surface area contributed by atoms with Gasteiger partial charge in [0.1, 0.15) is 0 Å². The Morgan fingerprint density at radius 3 is 2.29 bits per heavy atom. The van der Waals surface area contributed by atoms with Gasteiger partial charge in [-0.25, -0.2) is 0 Å². The molecule has 2 nitrogen and oxygen atoms in total. The van der Waals surface area contributed by atoms with Crippen LogP contribution in [0, 0.1) is 0 Å². The van der Waals surface area contributed by atoms with E-state index in [1.165, 1.54) is 11.1 Å². The van der Waals surface area contributed by atoms with Crippen molar-refractivity contribution in [3.05, 3.63) is 35.4 Å². The fourth-order valence-electron chi connectivity index (χ4n) is 1.46. The summed E-state index contributed by atoms with van der Waals surface area (Å²) in [5.41, 5.74) is 7.94. The van der Waals surface area contributed by atoms with Crippen LogP contribution in [-0.2, 0) is 16.0 Å². The largest absolute Gasteiger partial charge is 0.370 e. The van der Waals surface area contributed by atoms with E-state index in [2.05, 4.69) is 45.0 Å². The number of rotatable bonds is 5. The van der Waals surface area contributed by atoms with Crippen molar-refractivity contribution in [2.75, 3.05) is 5.75 Å². The average Bonchev–Trinajstić information content (AvgIpc) is 2.23. The molecule has 1 rings (SSSR count). The van der Waals surface area contributed by atoms with Crippen molar-refractivity contribution >= 4 is 17.7 Å². The Labute approximate surface area is 108 Å². The highest BCUT2D eigenvalue weighted by Gasteiger charge is 2.12. The van der Waals surface area contributed by atoms with Crippen LogP contribution in [0.4, 0.5) is 0 Å². The molecule has 3 heteroatoms. The van der Waals surface area contributed by atoms with Gasteiger partial charge in [-0.15, -0.1) is 0 Å². The Morgan fingerprint density at radius 2 is 1.82 bits per heavy atom. The topological polar surface area (TPSA) is 43.1 Å². The van der Waals surface area contributed by atoms with Crippen LogP contribution in [0.3, 0.4) is 0 Å². The molecule has 0 aliphatic carbocycles. The lowest BCUT2D eigenvalue weighted by molar-refractivity contribution is -0.117. The molecule has 0 saturated heterocycles. The van der Waals surface area contributed by atoms with Gasteiger partial charge in [-0.2, -0.15) is 11.8 Å². The third-order valence-corrected chi connectivity index (χ3v) is 3.61. The first kappa shape index (κ1) is 14.1. The number of hydrogen-bond acceptors (Lipinski definition) is 2. The molecule has 1 aromatic carbocycles. The Morgan fingerprint density at radius 1 is 1.24 bits per heavy atom. The van der Waals surface area contributed by atoms with Gasteiger partial charge < -0.3 is 5.73 Å². The number of thioether (sulfide) groups is 1. The number of benzene rings is 1. The third kappa shape index (κ3) is 5.26. The minimum Gasteiger partial charge on any atom is -0.370 e. The molecule has 0 aliphatic rings. The Balaban J connectivity index is 2.43. The van der Waals surface area contributed by atoms with Crippen LogP contribution in [0.2, 0.25) is 0 Å². The van der Waals surface area contributed by atoms with Crippen LogP contribution in [0.15, 0.2) is 24.3 Å². The smallest absolute Gasteiger partial charge is 0.218 e. The van der Waals surface area contributed by atoms with Crippen molar-refractivity contribution in [2.45, 2.75) is 38.4 Å². The van der Waals surface area contributed by atoms with Crippen molar-refractivity contribution in [3.8, 4) is 0 Å². The minimum atomic E-state index is -0.222. The van der Waals surface area contributed by atoms with Crippen molar-refractivity contribution in [3.63, 3.8) is 0 Å². The first-order valence-corrected chi connectivity index (χ1v) is 7.00. The number of hydrogen-bond donors (Lipinski definition) is 1.